The second-order valence-corrected chi connectivity index (χ2v) is 6.73. The SMILES string of the molecule is COc1ccccc1C(=O)N1CCN(C(=O)c2ccc(Cl)c(Cl)c2)CC1. The van der Waals surface area contributed by atoms with Crippen LogP contribution in [-0.2, 0) is 0 Å². The van der Waals surface area contributed by atoms with Gasteiger partial charge in [-0.1, -0.05) is 35.3 Å². The molecule has 0 unspecified atom stereocenters. The van der Waals surface area contributed by atoms with Crippen molar-refractivity contribution in [2.75, 3.05) is 33.3 Å². The Kier molecular flexibility index (Phi) is 5.69. The normalized spacial score (nSPS) is 14.3. The van der Waals surface area contributed by atoms with Crippen molar-refractivity contribution in [3.05, 3.63) is 63.6 Å². The Morgan fingerprint density at radius 2 is 1.50 bits per heavy atom. The number of hydrogen-bond acceptors (Lipinski definition) is 3. The van der Waals surface area contributed by atoms with Crippen LogP contribution in [0.15, 0.2) is 42.5 Å². The van der Waals surface area contributed by atoms with E-state index in [-0.39, 0.29) is 11.8 Å². The molecule has 136 valence electrons. The largest absolute Gasteiger partial charge is 0.496 e. The first kappa shape index (κ1) is 18.5. The molecule has 7 heteroatoms. The monoisotopic (exact) mass is 392 g/mol. The summed E-state index contributed by atoms with van der Waals surface area (Å²) in [4.78, 5) is 28.8. The molecule has 0 radical (unpaired) electrons. The maximum Gasteiger partial charge on any atom is 0.257 e. The van der Waals surface area contributed by atoms with Crippen molar-refractivity contribution in [3.63, 3.8) is 0 Å². The van der Waals surface area contributed by atoms with Gasteiger partial charge in [0.2, 0.25) is 0 Å². The molecule has 1 aliphatic heterocycles. The van der Waals surface area contributed by atoms with Gasteiger partial charge in [0.1, 0.15) is 5.75 Å². The molecular formula is C19H18Cl2N2O3. The molecule has 2 aromatic carbocycles. The summed E-state index contributed by atoms with van der Waals surface area (Å²) in [6, 6.07) is 12.0. The average Bonchev–Trinajstić information content (AvgIpc) is 2.69. The van der Waals surface area contributed by atoms with E-state index < -0.39 is 0 Å². The van der Waals surface area contributed by atoms with Gasteiger partial charge in [-0.25, -0.2) is 0 Å². The quantitative estimate of drug-likeness (QED) is 0.801. The molecule has 1 aliphatic rings. The van der Waals surface area contributed by atoms with Crippen LogP contribution in [0.25, 0.3) is 0 Å². The fraction of sp³-hybridized carbons (Fsp3) is 0.263. The molecule has 0 N–H and O–H groups in total. The molecule has 0 aliphatic carbocycles. The molecule has 0 saturated carbocycles. The number of piperazine rings is 1. The Balaban J connectivity index is 1.66. The standard InChI is InChI=1S/C19H18Cl2N2O3/c1-26-17-5-3-2-4-14(17)19(25)23-10-8-22(9-11-23)18(24)13-6-7-15(20)16(21)12-13/h2-7,12H,8-11H2,1H3. The van der Waals surface area contributed by atoms with Gasteiger partial charge in [-0.15, -0.1) is 0 Å². The zero-order chi connectivity index (χ0) is 18.7. The maximum atomic E-state index is 12.7. The summed E-state index contributed by atoms with van der Waals surface area (Å²) >= 11 is 11.9. The van der Waals surface area contributed by atoms with Crippen molar-refractivity contribution in [3.8, 4) is 5.75 Å². The van der Waals surface area contributed by atoms with Crippen molar-refractivity contribution in [2.24, 2.45) is 0 Å². The minimum Gasteiger partial charge on any atom is -0.496 e. The summed E-state index contributed by atoms with van der Waals surface area (Å²) in [5.74, 6) is 0.337. The lowest BCUT2D eigenvalue weighted by Crippen LogP contribution is -2.50. The third-order valence-electron chi connectivity index (χ3n) is 4.36. The highest BCUT2D eigenvalue weighted by Gasteiger charge is 2.27. The van der Waals surface area contributed by atoms with Gasteiger partial charge < -0.3 is 14.5 Å². The number of ether oxygens (including phenoxy) is 1. The summed E-state index contributed by atoms with van der Waals surface area (Å²) in [6.45, 7) is 1.84. The van der Waals surface area contributed by atoms with Gasteiger partial charge in [-0.3, -0.25) is 9.59 Å². The van der Waals surface area contributed by atoms with E-state index in [1.807, 2.05) is 6.07 Å². The Morgan fingerprint density at radius 3 is 2.12 bits per heavy atom. The lowest BCUT2D eigenvalue weighted by Gasteiger charge is -2.35. The smallest absolute Gasteiger partial charge is 0.257 e. The number of methoxy groups -OCH3 is 1. The number of benzene rings is 2. The second-order valence-electron chi connectivity index (χ2n) is 5.91. The highest BCUT2D eigenvalue weighted by Crippen LogP contribution is 2.24. The lowest BCUT2D eigenvalue weighted by atomic mass is 10.1. The zero-order valence-corrected chi connectivity index (χ0v) is 15.8. The van der Waals surface area contributed by atoms with E-state index in [2.05, 4.69) is 0 Å². The lowest BCUT2D eigenvalue weighted by molar-refractivity contribution is 0.0533. The van der Waals surface area contributed by atoms with Gasteiger partial charge in [0, 0.05) is 31.7 Å². The zero-order valence-electron chi connectivity index (χ0n) is 14.2. The number of hydrogen-bond donors (Lipinski definition) is 0. The Hall–Kier alpha value is -2.24. The molecular weight excluding hydrogens is 375 g/mol. The summed E-state index contributed by atoms with van der Waals surface area (Å²) in [5, 5.41) is 0.762. The molecule has 2 amide bonds. The molecule has 0 spiro atoms. The maximum absolute atomic E-state index is 12.7. The van der Waals surface area contributed by atoms with Crippen LogP contribution in [0.4, 0.5) is 0 Å². The minimum atomic E-state index is -0.118. The highest BCUT2D eigenvalue weighted by molar-refractivity contribution is 6.42. The van der Waals surface area contributed by atoms with Crippen LogP contribution < -0.4 is 4.74 Å². The summed E-state index contributed by atoms with van der Waals surface area (Å²) in [7, 11) is 1.54. The van der Waals surface area contributed by atoms with E-state index in [0.717, 1.165) is 0 Å². The number of para-hydroxylation sites is 1. The summed E-state index contributed by atoms with van der Waals surface area (Å²) in [5.41, 5.74) is 1.02. The Labute approximate surface area is 162 Å². The van der Waals surface area contributed by atoms with E-state index in [4.69, 9.17) is 27.9 Å². The number of halogens is 2. The number of amides is 2. The third-order valence-corrected chi connectivity index (χ3v) is 5.10. The van der Waals surface area contributed by atoms with Crippen LogP contribution in [0, 0.1) is 0 Å². The van der Waals surface area contributed by atoms with E-state index in [0.29, 0.717) is 53.1 Å². The van der Waals surface area contributed by atoms with Gasteiger partial charge >= 0.3 is 0 Å². The number of nitrogens with zero attached hydrogens (tertiary/aromatic N) is 2. The van der Waals surface area contributed by atoms with Crippen LogP contribution in [0.2, 0.25) is 10.0 Å². The second kappa shape index (κ2) is 7.98. The van der Waals surface area contributed by atoms with Crippen LogP contribution in [0.3, 0.4) is 0 Å². The van der Waals surface area contributed by atoms with Gasteiger partial charge in [0.15, 0.2) is 0 Å². The molecule has 5 nitrogen and oxygen atoms in total. The van der Waals surface area contributed by atoms with E-state index in [1.54, 1.807) is 53.3 Å². The number of carbonyl (C=O) groups excluding carboxylic acids is 2. The van der Waals surface area contributed by atoms with Crippen LogP contribution in [0.5, 0.6) is 5.75 Å². The average molecular weight is 393 g/mol. The molecule has 26 heavy (non-hydrogen) atoms. The van der Waals surface area contributed by atoms with Crippen LogP contribution in [-0.4, -0.2) is 54.9 Å². The molecule has 1 saturated heterocycles. The first-order valence-electron chi connectivity index (χ1n) is 8.18. The highest BCUT2D eigenvalue weighted by atomic mass is 35.5. The van der Waals surface area contributed by atoms with Gasteiger partial charge in [0.25, 0.3) is 11.8 Å². The molecule has 0 bridgehead atoms. The van der Waals surface area contributed by atoms with Crippen LogP contribution >= 0.6 is 23.2 Å². The summed E-state index contributed by atoms with van der Waals surface area (Å²) < 4.78 is 5.26. The minimum absolute atomic E-state index is 0.0934. The summed E-state index contributed by atoms with van der Waals surface area (Å²) in [6.07, 6.45) is 0. The van der Waals surface area contributed by atoms with E-state index in [9.17, 15) is 9.59 Å². The van der Waals surface area contributed by atoms with Crippen molar-refractivity contribution in [2.45, 2.75) is 0 Å². The molecule has 1 fully saturated rings. The number of carbonyl (C=O) groups is 2. The molecule has 1 heterocycles. The van der Waals surface area contributed by atoms with Crippen molar-refractivity contribution < 1.29 is 14.3 Å². The molecule has 2 aromatic rings. The fourth-order valence-corrected chi connectivity index (χ4v) is 3.21. The predicted molar refractivity (Wildman–Crippen MR) is 101 cm³/mol. The van der Waals surface area contributed by atoms with Gasteiger partial charge in [0.05, 0.1) is 22.7 Å². The van der Waals surface area contributed by atoms with Crippen molar-refractivity contribution in [1.29, 1.82) is 0 Å². The van der Waals surface area contributed by atoms with Gasteiger partial charge in [-0.05, 0) is 30.3 Å². The van der Waals surface area contributed by atoms with Gasteiger partial charge in [-0.2, -0.15) is 0 Å². The molecule has 3 rings (SSSR count). The van der Waals surface area contributed by atoms with Crippen LogP contribution in [0.1, 0.15) is 20.7 Å². The topological polar surface area (TPSA) is 49.9 Å². The number of rotatable bonds is 3. The fourth-order valence-electron chi connectivity index (χ4n) is 2.92. The molecule has 0 aromatic heterocycles. The first-order chi connectivity index (χ1) is 12.5. The Bertz CT molecular complexity index is 833. The molecule has 0 atom stereocenters. The van der Waals surface area contributed by atoms with E-state index in [1.165, 1.54) is 0 Å². The first-order valence-corrected chi connectivity index (χ1v) is 8.93. The Morgan fingerprint density at radius 1 is 0.885 bits per heavy atom. The van der Waals surface area contributed by atoms with Crippen molar-refractivity contribution >= 4 is 35.0 Å². The van der Waals surface area contributed by atoms with E-state index >= 15 is 0 Å². The van der Waals surface area contributed by atoms with Crippen molar-refractivity contribution in [1.82, 2.24) is 9.80 Å². The predicted octanol–water partition coefficient (Wildman–Crippen LogP) is 3.60. The third kappa shape index (κ3) is 3.79.